The molecule has 3 aromatic carbocycles. The number of halogens is 1. The molecule has 1 amide bonds. The van der Waals surface area contributed by atoms with Gasteiger partial charge in [-0.05, 0) is 61.9 Å². The monoisotopic (exact) mass is 489 g/mol. The summed E-state index contributed by atoms with van der Waals surface area (Å²) in [6.07, 6.45) is 0. The van der Waals surface area contributed by atoms with Crippen LogP contribution in [0.4, 0.5) is 10.1 Å². The number of methoxy groups -OCH3 is 1. The molecule has 1 atom stereocenters. The number of ketones is 1. The number of rotatable bonds is 6. The topological polar surface area (TPSA) is 93.1 Å². The van der Waals surface area contributed by atoms with Gasteiger partial charge in [0.25, 0.3) is 11.7 Å². The van der Waals surface area contributed by atoms with Crippen LogP contribution in [0.25, 0.3) is 5.76 Å². The third-order valence-electron chi connectivity index (χ3n) is 5.88. The molecule has 1 aliphatic rings. The summed E-state index contributed by atoms with van der Waals surface area (Å²) >= 11 is 0. The van der Waals surface area contributed by atoms with Gasteiger partial charge in [0.1, 0.15) is 17.3 Å². The van der Waals surface area contributed by atoms with Crippen LogP contribution in [-0.2, 0) is 14.3 Å². The van der Waals surface area contributed by atoms with E-state index < -0.39 is 35.3 Å². The molecule has 184 valence electrons. The first-order valence-corrected chi connectivity index (χ1v) is 11.3. The first-order valence-electron chi connectivity index (χ1n) is 11.3. The van der Waals surface area contributed by atoms with Crippen LogP contribution in [0.1, 0.15) is 40.0 Å². The van der Waals surface area contributed by atoms with Gasteiger partial charge in [-0.15, -0.1) is 0 Å². The van der Waals surface area contributed by atoms with Gasteiger partial charge in [-0.2, -0.15) is 0 Å². The Balaban J connectivity index is 1.91. The lowest BCUT2D eigenvalue weighted by molar-refractivity contribution is -0.132. The number of nitrogens with zero attached hydrogens (tertiary/aromatic N) is 1. The van der Waals surface area contributed by atoms with E-state index in [0.29, 0.717) is 11.3 Å². The second-order valence-electron chi connectivity index (χ2n) is 8.20. The molecule has 0 aliphatic carbocycles. The van der Waals surface area contributed by atoms with E-state index in [2.05, 4.69) is 0 Å². The number of esters is 1. The largest absolute Gasteiger partial charge is 0.507 e. The highest BCUT2D eigenvalue weighted by atomic mass is 19.1. The SMILES string of the molecule is CCOC(=O)c1ccc(N2C(=O)C(=O)/C(=C(/O)c3cc(F)ccc3OC)C2c2cccc(C)c2)cc1. The molecular weight excluding hydrogens is 465 g/mol. The normalized spacial score (nSPS) is 16.8. The van der Waals surface area contributed by atoms with Crippen LogP contribution in [0.5, 0.6) is 5.75 Å². The molecule has 0 radical (unpaired) electrons. The maximum absolute atomic E-state index is 14.1. The van der Waals surface area contributed by atoms with E-state index in [1.54, 1.807) is 25.1 Å². The quantitative estimate of drug-likeness (QED) is 0.228. The molecular formula is C28H24FNO6. The van der Waals surface area contributed by atoms with Crippen molar-refractivity contribution in [3.05, 3.63) is 100 Å². The van der Waals surface area contributed by atoms with Crippen LogP contribution >= 0.6 is 0 Å². The molecule has 0 aromatic heterocycles. The van der Waals surface area contributed by atoms with Crippen molar-refractivity contribution in [3.63, 3.8) is 0 Å². The summed E-state index contributed by atoms with van der Waals surface area (Å²) in [5.74, 6) is -3.38. The van der Waals surface area contributed by atoms with Gasteiger partial charge in [-0.25, -0.2) is 9.18 Å². The zero-order chi connectivity index (χ0) is 26.0. The molecule has 0 spiro atoms. The van der Waals surface area contributed by atoms with Crippen molar-refractivity contribution in [2.24, 2.45) is 0 Å². The Morgan fingerprint density at radius 2 is 1.78 bits per heavy atom. The number of aliphatic hydroxyl groups is 1. The summed E-state index contributed by atoms with van der Waals surface area (Å²) in [6.45, 7) is 3.77. The highest BCUT2D eigenvalue weighted by Crippen LogP contribution is 2.43. The van der Waals surface area contributed by atoms with Gasteiger partial charge in [0.2, 0.25) is 0 Å². The summed E-state index contributed by atoms with van der Waals surface area (Å²) in [7, 11) is 1.35. The fourth-order valence-corrected chi connectivity index (χ4v) is 4.24. The molecule has 0 saturated carbocycles. The molecule has 36 heavy (non-hydrogen) atoms. The molecule has 3 aromatic rings. The van der Waals surface area contributed by atoms with Crippen LogP contribution in [0.3, 0.4) is 0 Å². The zero-order valence-corrected chi connectivity index (χ0v) is 19.9. The highest BCUT2D eigenvalue weighted by molar-refractivity contribution is 6.51. The predicted octanol–water partition coefficient (Wildman–Crippen LogP) is 4.95. The second kappa shape index (κ2) is 10.0. The van der Waals surface area contributed by atoms with Gasteiger partial charge in [0, 0.05) is 5.69 Å². The average molecular weight is 489 g/mol. The lowest BCUT2D eigenvalue weighted by Gasteiger charge is -2.26. The van der Waals surface area contributed by atoms with E-state index in [9.17, 15) is 23.9 Å². The Morgan fingerprint density at radius 1 is 1.06 bits per heavy atom. The number of benzene rings is 3. The fourth-order valence-electron chi connectivity index (χ4n) is 4.24. The summed E-state index contributed by atoms with van der Waals surface area (Å²) in [5.41, 5.74) is 1.81. The summed E-state index contributed by atoms with van der Waals surface area (Å²) in [6, 6.07) is 15.8. The Bertz CT molecular complexity index is 1380. The third-order valence-corrected chi connectivity index (χ3v) is 5.88. The summed E-state index contributed by atoms with van der Waals surface area (Å²) < 4.78 is 24.4. The molecule has 7 nitrogen and oxygen atoms in total. The van der Waals surface area contributed by atoms with Crippen molar-refractivity contribution < 1.29 is 33.4 Å². The number of ether oxygens (including phenoxy) is 2. The van der Waals surface area contributed by atoms with Crippen LogP contribution in [0, 0.1) is 12.7 Å². The maximum atomic E-state index is 14.1. The second-order valence-corrected chi connectivity index (χ2v) is 8.20. The van der Waals surface area contributed by atoms with Gasteiger partial charge in [0.15, 0.2) is 0 Å². The number of anilines is 1. The van der Waals surface area contributed by atoms with Crippen LogP contribution in [0.15, 0.2) is 72.3 Å². The smallest absolute Gasteiger partial charge is 0.338 e. The number of amides is 1. The first-order chi connectivity index (χ1) is 17.3. The van der Waals surface area contributed by atoms with E-state index in [1.807, 2.05) is 13.0 Å². The number of carbonyl (C=O) groups excluding carboxylic acids is 3. The Morgan fingerprint density at radius 3 is 2.42 bits per heavy atom. The van der Waals surface area contributed by atoms with Crippen molar-refractivity contribution in [2.45, 2.75) is 19.9 Å². The van der Waals surface area contributed by atoms with Crippen molar-refractivity contribution in [1.82, 2.24) is 0 Å². The minimum Gasteiger partial charge on any atom is -0.507 e. The predicted molar refractivity (Wildman–Crippen MR) is 131 cm³/mol. The van der Waals surface area contributed by atoms with Gasteiger partial charge < -0.3 is 14.6 Å². The zero-order valence-electron chi connectivity index (χ0n) is 19.9. The number of aryl methyl sites for hydroxylation is 1. The van der Waals surface area contributed by atoms with E-state index in [0.717, 1.165) is 17.7 Å². The van der Waals surface area contributed by atoms with Crippen LogP contribution in [-0.4, -0.2) is 36.5 Å². The first kappa shape index (κ1) is 24.7. The standard InChI is InChI=1S/C28H24FNO6/c1-4-36-28(34)17-8-11-20(12-9-17)30-24(18-7-5-6-16(2)14-18)23(26(32)27(30)33)25(31)21-15-19(29)10-13-22(21)35-3/h5-15,24,31H,4H2,1-3H3/b25-23+. The summed E-state index contributed by atoms with van der Waals surface area (Å²) in [4.78, 5) is 39.9. The number of hydrogen-bond acceptors (Lipinski definition) is 6. The number of carbonyl (C=O) groups is 3. The van der Waals surface area contributed by atoms with Gasteiger partial charge >= 0.3 is 5.97 Å². The average Bonchev–Trinajstić information content (AvgIpc) is 3.14. The van der Waals surface area contributed by atoms with E-state index in [4.69, 9.17) is 9.47 Å². The molecule has 1 fully saturated rings. The number of aliphatic hydroxyl groups excluding tert-OH is 1. The Hall–Kier alpha value is -4.46. The fraction of sp³-hybridized carbons (Fsp3) is 0.179. The highest BCUT2D eigenvalue weighted by Gasteiger charge is 2.47. The minimum absolute atomic E-state index is 0.0502. The molecule has 1 aliphatic heterocycles. The van der Waals surface area contributed by atoms with Gasteiger partial charge in [-0.1, -0.05) is 29.8 Å². The Labute approximate surface area is 207 Å². The Kier molecular flexibility index (Phi) is 6.87. The molecule has 0 bridgehead atoms. The molecule has 4 rings (SSSR count). The van der Waals surface area contributed by atoms with E-state index in [-0.39, 0.29) is 29.1 Å². The minimum atomic E-state index is -1.01. The van der Waals surface area contributed by atoms with E-state index in [1.165, 1.54) is 42.3 Å². The summed E-state index contributed by atoms with van der Waals surface area (Å²) in [5, 5.41) is 11.3. The molecule has 1 unspecified atom stereocenters. The van der Waals surface area contributed by atoms with Gasteiger partial charge in [0.05, 0.1) is 36.5 Å². The van der Waals surface area contributed by atoms with Crippen molar-refractivity contribution in [2.75, 3.05) is 18.6 Å². The van der Waals surface area contributed by atoms with Crippen LogP contribution < -0.4 is 9.64 Å². The number of hydrogen-bond donors (Lipinski definition) is 1. The van der Waals surface area contributed by atoms with Crippen molar-refractivity contribution >= 4 is 29.1 Å². The van der Waals surface area contributed by atoms with Crippen molar-refractivity contribution in [3.8, 4) is 5.75 Å². The lowest BCUT2D eigenvalue weighted by Crippen LogP contribution is -2.29. The third kappa shape index (κ3) is 4.45. The van der Waals surface area contributed by atoms with Crippen LogP contribution in [0.2, 0.25) is 0 Å². The maximum Gasteiger partial charge on any atom is 0.338 e. The lowest BCUT2D eigenvalue weighted by atomic mass is 9.94. The number of Topliss-reactive ketones (excluding diaryl/α,β-unsaturated/α-hetero) is 1. The van der Waals surface area contributed by atoms with Crippen molar-refractivity contribution in [1.29, 1.82) is 0 Å². The molecule has 1 heterocycles. The van der Waals surface area contributed by atoms with E-state index >= 15 is 0 Å². The molecule has 8 heteroatoms. The molecule has 1 N–H and O–H groups in total. The molecule has 1 saturated heterocycles. The van der Waals surface area contributed by atoms with Gasteiger partial charge in [-0.3, -0.25) is 14.5 Å².